The van der Waals surface area contributed by atoms with E-state index in [1.807, 2.05) is 105 Å². The Kier molecular flexibility index (Phi) is 7.99. The highest BCUT2D eigenvalue weighted by Gasteiger charge is 2.28. The fourth-order valence-corrected chi connectivity index (χ4v) is 4.89. The first kappa shape index (κ1) is 28.4. The van der Waals surface area contributed by atoms with Crippen LogP contribution in [-0.4, -0.2) is 61.0 Å². The number of aliphatic hydroxyl groups is 1. The molecule has 0 aliphatic heterocycles. The topological polar surface area (TPSA) is 91.1 Å². The van der Waals surface area contributed by atoms with Crippen LogP contribution >= 0.6 is 0 Å². The van der Waals surface area contributed by atoms with Crippen molar-refractivity contribution in [1.29, 1.82) is 0 Å². The van der Waals surface area contributed by atoms with Gasteiger partial charge in [0.2, 0.25) is 0 Å². The van der Waals surface area contributed by atoms with E-state index in [1.54, 1.807) is 28.8 Å². The van der Waals surface area contributed by atoms with Gasteiger partial charge in [0, 0.05) is 61.8 Å². The van der Waals surface area contributed by atoms with E-state index in [0.29, 0.717) is 22.7 Å². The average molecular weight is 563 g/mol. The highest BCUT2D eigenvalue weighted by Crippen LogP contribution is 2.42. The summed E-state index contributed by atoms with van der Waals surface area (Å²) in [6.45, 7) is -0.416. The van der Waals surface area contributed by atoms with Gasteiger partial charge in [0.05, 0.1) is 30.7 Å². The number of phenols is 1. The molecule has 0 aliphatic rings. The second-order valence-corrected chi connectivity index (χ2v) is 10.4. The molecule has 4 aromatic carbocycles. The summed E-state index contributed by atoms with van der Waals surface area (Å²) in [5, 5.41) is 21.3. The molecule has 5 rings (SSSR count). The molecular formula is C34H34N4O4. The zero-order valence-electron chi connectivity index (χ0n) is 24.4. The van der Waals surface area contributed by atoms with Crippen molar-refractivity contribution in [3.63, 3.8) is 0 Å². The van der Waals surface area contributed by atoms with Gasteiger partial charge in [-0.05, 0) is 48.5 Å². The number of nitrogens with zero attached hydrogens (tertiary/aromatic N) is 4. The Morgan fingerprint density at radius 3 is 1.93 bits per heavy atom. The number of anilines is 2. The fourth-order valence-electron chi connectivity index (χ4n) is 4.89. The minimum absolute atomic E-state index is 0.172. The molecule has 42 heavy (non-hydrogen) atoms. The molecule has 214 valence electrons. The van der Waals surface area contributed by atoms with Gasteiger partial charge in [-0.2, -0.15) is 0 Å². The standard InChI is InChI=1S/C34H34N4O4/c1-36(2)26-15-11-22(12-16-26)30-31(23-13-17-27(18-14-23)37(3)4)38(34(41)24-9-7-6-8-10-24)33(35-30)29-20-28(42-5)19-25(21-39)32(29)40/h6-20,39-40H,21H2,1-5H3. The Bertz CT molecular complexity index is 1710. The summed E-state index contributed by atoms with van der Waals surface area (Å²) in [5.41, 5.74) is 5.76. The van der Waals surface area contributed by atoms with Crippen molar-refractivity contribution in [2.45, 2.75) is 6.61 Å². The van der Waals surface area contributed by atoms with E-state index in [4.69, 9.17) is 9.72 Å². The number of rotatable bonds is 8. The third kappa shape index (κ3) is 5.32. The van der Waals surface area contributed by atoms with E-state index in [0.717, 1.165) is 22.5 Å². The largest absolute Gasteiger partial charge is 0.507 e. The first-order chi connectivity index (χ1) is 20.2. The molecule has 0 unspecified atom stereocenters. The molecule has 0 saturated heterocycles. The minimum Gasteiger partial charge on any atom is -0.507 e. The van der Waals surface area contributed by atoms with Crippen molar-refractivity contribution < 1.29 is 19.7 Å². The molecule has 2 N–H and O–H groups in total. The molecule has 0 amide bonds. The predicted molar refractivity (Wildman–Crippen MR) is 167 cm³/mol. The van der Waals surface area contributed by atoms with Crippen molar-refractivity contribution >= 4 is 17.3 Å². The van der Waals surface area contributed by atoms with Crippen LogP contribution in [0.15, 0.2) is 91.0 Å². The minimum atomic E-state index is -0.416. The molecular weight excluding hydrogens is 528 g/mol. The van der Waals surface area contributed by atoms with Gasteiger partial charge in [-0.1, -0.05) is 42.5 Å². The van der Waals surface area contributed by atoms with Gasteiger partial charge in [0.25, 0.3) is 5.91 Å². The highest BCUT2D eigenvalue weighted by molar-refractivity contribution is 6.03. The van der Waals surface area contributed by atoms with Crippen molar-refractivity contribution in [2.24, 2.45) is 0 Å². The Morgan fingerprint density at radius 1 is 0.833 bits per heavy atom. The van der Waals surface area contributed by atoms with Gasteiger partial charge >= 0.3 is 0 Å². The average Bonchev–Trinajstić information content (AvgIpc) is 3.41. The Morgan fingerprint density at radius 2 is 1.40 bits per heavy atom. The number of aromatic nitrogens is 2. The quantitative estimate of drug-likeness (QED) is 0.243. The lowest BCUT2D eigenvalue weighted by Gasteiger charge is -2.16. The molecule has 0 aliphatic carbocycles. The van der Waals surface area contributed by atoms with Crippen molar-refractivity contribution in [2.75, 3.05) is 45.1 Å². The van der Waals surface area contributed by atoms with Gasteiger partial charge in [-0.3, -0.25) is 9.36 Å². The van der Waals surface area contributed by atoms with Crippen LogP contribution in [0.5, 0.6) is 11.5 Å². The molecule has 0 radical (unpaired) electrons. The number of methoxy groups -OCH3 is 1. The van der Waals surface area contributed by atoms with Crippen LogP contribution < -0.4 is 14.5 Å². The Balaban J connectivity index is 1.88. The van der Waals surface area contributed by atoms with Gasteiger partial charge in [-0.15, -0.1) is 0 Å². The van der Waals surface area contributed by atoms with Crippen LogP contribution in [0.25, 0.3) is 33.9 Å². The molecule has 0 bridgehead atoms. The van der Waals surface area contributed by atoms with Gasteiger partial charge in [0.1, 0.15) is 11.5 Å². The Hall–Kier alpha value is -5.08. The molecule has 0 saturated carbocycles. The Labute approximate surface area is 245 Å². The zero-order valence-corrected chi connectivity index (χ0v) is 24.4. The van der Waals surface area contributed by atoms with Crippen LogP contribution in [-0.2, 0) is 6.61 Å². The summed E-state index contributed by atoms with van der Waals surface area (Å²) >= 11 is 0. The monoisotopic (exact) mass is 562 g/mol. The lowest BCUT2D eigenvalue weighted by molar-refractivity contribution is 0.0963. The van der Waals surface area contributed by atoms with E-state index in [-0.39, 0.29) is 28.6 Å². The third-order valence-electron chi connectivity index (χ3n) is 7.22. The van der Waals surface area contributed by atoms with Crippen molar-refractivity contribution in [1.82, 2.24) is 9.55 Å². The number of imidazole rings is 1. The second kappa shape index (κ2) is 11.8. The van der Waals surface area contributed by atoms with Crippen LogP contribution in [0, 0.1) is 0 Å². The highest BCUT2D eigenvalue weighted by atomic mass is 16.5. The molecule has 8 heteroatoms. The second-order valence-electron chi connectivity index (χ2n) is 10.4. The molecule has 0 fully saturated rings. The SMILES string of the molecule is COc1cc(CO)c(O)c(-c2nc(-c3ccc(N(C)C)cc3)c(-c3ccc(N(C)C)cc3)n2C(=O)c2ccccc2)c1. The fraction of sp³-hybridized carbons (Fsp3) is 0.176. The summed E-state index contributed by atoms with van der Waals surface area (Å²) in [7, 11) is 9.40. The number of aromatic hydroxyl groups is 1. The number of aliphatic hydroxyl groups excluding tert-OH is 1. The summed E-state index contributed by atoms with van der Waals surface area (Å²) in [5.74, 6) is 0.166. The number of hydrogen-bond acceptors (Lipinski definition) is 7. The van der Waals surface area contributed by atoms with Crippen LogP contribution in [0.3, 0.4) is 0 Å². The van der Waals surface area contributed by atoms with Crippen molar-refractivity contribution in [3.05, 3.63) is 102 Å². The van der Waals surface area contributed by atoms with Gasteiger partial charge in [0.15, 0.2) is 5.82 Å². The van der Waals surface area contributed by atoms with E-state index < -0.39 is 6.61 Å². The van der Waals surface area contributed by atoms with Gasteiger partial charge < -0.3 is 24.7 Å². The van der Waals surface area contributed by atoms with Crippen LogP contribution in [0.4, 0.5) is 11.4 Å². The van der Waals surface area contributed by atoms with Gasteiger partial charge in [-0.25, -0.2) is 4.98 Å². The number of carbonyl (C=O) groups is 1. The lowest BCUT2D eigenvalue weighted by atomic mass is 10.0. The van der Waals surface area contributed by atoms with E-state index in [9.17, 15) is 15.0 Å². The lowest BCUT2D eigenvalue weighted by Crippen LogP contribution is -2.15. The van der Waals surface area contributed by atoms with E-state index in [1.165, 1.54) is 7.11 Å². The summed E-state index contributed by atoms with van der Waals surface area (Å²) in [6, 6.07) is 28.0. The first-order valence-electron chi connectivity index (χ1n) is 13.5. The summed E-state index contributed by atoms with van der Waals surface area (Å²) in [4.78, 5) is 23.4. The van der Waals surface area contributed by atoms with Crippen LogP contribution in [0.1, 0.15) is 15.9 Å². The third-order valence-corrected chi connectivity index (χ3v) is 7.22. The summed E-state index contributed by atoms with van der Waals surface area (Å²) < 4.78 is 7.03. The van der Waals surface area contributed by atoms with Crippen LogP contribution in [0.2, 0.25) is 0 Å². The predicted octanol–water partition coefficient (Wildman–Crippen LogP) is 5.91. The summed E-state index contributed by atoms with van der Waals surface area (Å²) in [6.07, 6.45) is 0. The number of hydrogen-bond donors (Lipinski definition) is 2. The molecule has 0 spiro atoms. The first-order valence-corrected chi connectivity index (χ1v) is 13.5. The molecule has 8 nitrogen and oxygen atoms in total. The van der Waals surface area contributed by atoms with E-state index in [2.05, 4.69) is 0 Å². The smallest absolute Gasteiger partial charge is 0.264 e. The number of carbonyl (C=O) groups excluding carboxylic acids is 1. The molecule has 1 heterocycles. The maximum atomic E-state index is 14.4. The maximum absolute atomic E-state index is 14.4. The number of benzene rings is 4. The van der Waals surface area contributed by atoms with Crippen molar-refractivity contribution in [3.8, 4) is 45.4 Å². The molecule has 1 aromatic heterocycles. The normalized spacial score (nSPS) is 10.9. The number of ether oxygens (including phenoxy) is 1. The molecule has 0 atom stereocenters. The maximum Gasteiger partial charge on any atom is 0.264 e. The molecule has 5 aromatic rings. The van der Waals surface area contributed by atoms with E-state index >= 15 is 0 Å². The zero-order chi connectivity index (χ0) is 30.0.